The Bertz CT molecular complexity index is 426. The molecule has 2 rings (SSSR count). The third kappa shape index (κ3) is 3.53. The summed E-state index contributed by atoms with van der Waals surface area (Å²) in [5.41, 5.74) is 3.93. The minimum atomic E-state index is 0.424. The lowest BCUT2D eigenvalue weighted by Crippen LogP contribution is -2.29. The van der Waals surface area contributed by atoms with Gasteiger partial charge in [0.2, 0.25) is 0 Å². The van der Waals surface area contributed by atoms with Gasteiger partial charge in [-0.25, -0.2) is 9.97 Å². The molecule has 1 aliphatic carbocycles. The first-order valence-electron chi connectivity index (χ1n) is 7.68. The monoisotopic (exact) mass is 261 g/mol. The van der Waals surface area contributed by atoms with Crippen LogP contribution in [0.15, 0.2) is 0 Å². The van der Waals surface area contributed by atoms with Gasteiger partial charge in [-0.15, -0.1) is 0 Å². The maximum absolute atomic E-state index is 4.77. The van der Waals surface area contributed by atoms with Gasteiger partial charge in [-0.2, -0.15) is 0 Å². The van der Waals surface area contributed by atoms with E-state index in [-0.39, 0.29) is 0 Å². The zero-order chi connectivity index (χ0) is 13.8. The first kappa shape index (κ1) is 14.4. The number of fused-ring (bicyclic) bond motifs is 1. The van der Waals surface area contributed by atoms with Crippen LogP contribution in [0.1, 0.15) is 62.3 Å². The highest BCUT2D eigenvalue weighted by Gasteiger charge is 2.22. The van der Waals surface area contributed by atoms with Gasteiger partial charge >= 0.3 is 0 Å². The summed E-state index contributed by atoms with van der Waals surface area (Å²) in [6, 6.07) is 0. The number of hydrogen-bond acceptors (Lipinski definition) is 3. The van der Waals surface area contributed by atoms with Gasteiger partial charge in [0.25, 0.3) is 0 Å². The summed E-state index contributed by atoms with van der Waals surface area (Å²) >= 11 is 0. The summed E-state index contributed by atoms with van der Waals surface area (Å²) < 4.78 is 0. The van der Waals surface area contributed by atoms with Crippen molar-refractivity contribution in [2.24, 2.45) is 5.92 Å². The van der Waals surface area contributed by atoms with Crippen molar-refractivity contribution in [1.82, 2.24) is 15.3 Å². The summed E-state index contributed by atoms with van der Waals surface area (Å²) in [5.74, 6) is 2.19. The van der Waals surface area contributed by atoms with Crippen LogP contribution in [0, 0.1) is 12.8 Å². The lowest BCUT2D eigenvalue weighted by atomic mass is 9.85. The molecule has 0 aromatic carbocycles. The molecular weight excluding hydrogens is 234 g/mol. The van der Waals surface area contributed by atoms with Crippen molar-refractivity contribution in [2.75, 3.05) is 13.1 Å². The Labute approximate surface area is 117 Å². The van der Waals surface area contributed by atoms with Crippen molar-refractivity contribution in [3.63, 3.8) is 0 Å². The summed E-state index contributed by atoms with van der Waals surface area (Å²) in [6.07, 6.45) is 4.74. The maximum atomic E-state index is 4.77. The van der Waals surface area contributed by atoms with Gasteiger partial charge in [0.05, 0.1) is 0 Å². The Morgan fingerprint density at radius 3 is 2.79 bits per heavy atom. The molecule has 0 radical (unpaired) electrons. The van der Waals surface area contributed by atoms with Crippen LogP contribution in [0.25, 0.3) is 0 Å². The summed E-state index contributed by atoms with van der Waals surface area (Å²) in [5, 5.41) is 3.54. The van der Waals surface area contributed by atoms with Crippen molar-refractivity contribution in [3.05, 3.63) is 22.8 Å². The molecule has 19 heavy (non-hydrogen) atoms. The third-order valence-electron chi connectivity index (χ3n) is 3.98. The molecule has 3 nitrogen and oxygen atoms in total. The molecular formula is C16H27N3. The number of aromatic nitrogens is 2. The van der Waals surface area contributed by atoms with Gasteiger partial charge in [0.15, 0.2) is 0 Å². The molecule has 1 N–H and O–H groups in total. The fourth-order valence-electron chi connectivity index (χ4n) is 2.80. The van der Waals surface area contributed by atoms with Crippen LogP contribution in [0.5, 0.6) is 0 Å². The van der Waals surface area contributed by atoms with Gasteiger partial charge in [-0.05, 0) is 57.2 Å². The van der Waals surface area contributed by atoms with Crippen molar-refractivity contribution < 1.29 is 0 Å². The van der Waals surface area contributed by atoms with Crippen molar-refractivity contribution in [1.29, 1.82) is 0 Å². The molecule has 0 saturated heterocycles. The molecule has 0 spiro atoms. The third-order valence-corrected chi connectivity index (χ3v) is 3.98. The number of nitrogens with one attached hydrogen (secondary N) is 1. The second-order valence-electron chi connectivity index (χ2n) is 6.06. The zero-order valence-corrected chi connectivity index (χ0v) is 12.8. The fourth-order valence-corrected chi connectivity index (χ4v) is 2.80. The normalized spacial score (nSPS) is 18.7. The first-order valence-corrected chi connectivity index (χ1v) is 7.68. The van der Waals surface area contributed by atoms with Gasteiger partial charge < -0.3 is 5.32 Å². The number of nitrogens with zero attached hydrogens (tertiary/aromatic N) is 2. The number of hydrogen-bond donors (Lipinski definition) is 1. The van der Waals surface area contributed by atoms with Gasteiger partial charge in [-0.3, -0.25) is 0 Å². The predicted octanol–water partition coefficient (Wildman–Crippen LogP) is 3.01. The van der Waals surface area contributed by atoms with Crippen molar-refractivity contribution in [3.8, 4) is 0 Å². The quantitative estimate of drug-likeness (QED) is 0.828. The van der Waals surface area contributed by atoms with E-state index in [9.17, 15) is 0 Å². The Balaban J connectivity index is 2.08. The highest BCUT2D eigenvalue weighted by atomic mass is 14.9. The largest absolute Gasteiger partial charge is 0.316 e. The standard InChI is InChI=1S/C16H27N3/c1-5-8-17-10-13-6-7-15-14(9-13)12(4)18-16(19-15)11(2)3/h11,13,17H,5-10H2,1-4H3. The van der Waals surface area contributed by atoms with E-state index in [4.69, 9.17) is 4.98 Å². The van der Waals surface area contributed by atoms with Crippen molar-refractivity contribution in [2.45, 2.75) is 59.3 Å². The fraction of sp³-hybridized carbons (Fsp3) is 0.750. The molecule has 3 heteroatoms. The number of rotatable bonds is 5. The molecule has 1 unspecified atom stereocenters. The van der Waals surface area contributed by atoms with E-state index in [1.54, 1.807) is 0 Å². The molecule has 0 bridgehead atoms. The number of aryl methyl sites for hydroxylation is 2. The Kier molecular flexibility index (Phi) is 4.92. The highest BCUT2D eigenvalue weighted by molar-refractivity contribution is 5.28. The average Bonchev–Trinajstić information content (AvgIpc) is 2.39. The van der Waals surface area contributed by atoms with E-state index >= 15 is 0 Å². The van der Waals surface area contributed by atoms with Gasteiger partial charge in [0.1, 0.15) is 5.82 Å². The van der Waals surface area contributed by atoms with Gasteiger partial charge in [-0.1, -0.05) is 20.8 Å². The summed E-state index contributed by atoms with van der Waals surface area (Å²) in [6.45, 7) is 11.0. The van der Waals surface area contributed by atoms with Crippen LogP contribution in [0.2, 0.25) is 0 Å². The summed E-state index contributed by atoms with van der Waals surface area (Å²) in [4.78, 5) is 9.46. The van der Waals surface area contributed by atoms with Crippen LogP contribution >= 0.6 is 0 Å². The minimum absolute atomic E-state index is 0.424. The SMILES string of the molecule is CCCNCC1CCc2nc(C(C)C)nc(C)c2C1. The van der Waals surface area contributed by atoms with Crippen LogP contribution in [-0.2, 0) is 12.8 Å². The molecule has 1 aromatic heterocycles. The van der Waals surface area contributed by atoms with Crippen LogP contribution in [-0.4, -0.2) is 23.1 Å². The summed E-state index contributed by atoms with van der Waals surface area (Å²) in [7, 11) is 0. The van der Waals surface area contributed by atoms with E-state index in [1.807, 2.05) is 0 Å². The Hall–Kier alpha value is -0.960. The zero-order valence-electron chi connectivity index (χ0n) is 12.8. The van der Waals surface area contributed by atoms with Gasteiger partial charge in [0, 0.05) is 17.3 Å². The van der Waals surface area contributed by atoms with E-state index in [0.29, 0.717) is 5.92 Å². The van der Waals surface area contributed by atoms with Crippen LogP contribution in [0.3, 0.4) is 0 Å². The second kappa shape index (κ2) is 6.47. The van der Waals surface area contributed by atoms with E-state index in [0.717, 1.165) is 37.7 Å². The first-order chi connectivity index (χ1) is 9.11. The Morgan fingerprint density at radius 1 is 1.32 bits per heavy atom. The maximum Gasteiger partial charge on any atom is 0.131 e. The van der Waals surface area contributed by atoms with E-state index < -0.39 is 0 Å². The molecule has 1 aliphatic rings. The topological polar surface area (TPSA) is 37.8 Å². The lowest BCUT2D eigenvalue weighted by molar-refractivity contribution is 0.417. The molecule has 1 atom stereocenters. The molecule has 0 saturated carbocycles. The predicted molar refractivity (Wildman–Crippen MR) is 79.5 cm³/mol. The lowest BCUT2D eigenvalue weighted by Gasteiger charge is -2.26. The van der Waals surface area contributed by atoms with E-state index in [1.165, 1.54) is 29.8 Å². The average molecular weight is 261 g/mol. The molecule has 0 fully saturated rings. The van der Waals surface area contributed by atoms with Crippen LogP contribution < -0.4 is 5.32 Å². The van der Waals surface area contributed by atoms with Crippen LogP contribution in [0.4, 0.5) is 0 Å². The minimum Gasteiger partial charge on any atom is -0.316 e. The Morgan fingerprint density at radius 2 is 2.11 bits per heavy atom. The molecule has 0 amide bonds. The molecule has 106 valence electrons. The molecule has 1 aromatic rings. The molecule has 1 heterocycles. The highest BCUT2D eigenvalue weighted by Crippen LogP contribution is 2.27. The second-order valence-corrected chi connectivity index (χ2v) is 6.06. The van der Waals surface area contributed by atoms with E-state index in [2.05, 4.69) is 38.0 Å². The smallest absolute Gasteiger partial charge is 0.131 e. The molecule has 0 aliphatic heterocycles. The van der Waals surface area contributed by atoms with Crippen molar-refractivity contribution >= 4 is 0 Å².